The molecule has 0 aromatic carbocycles. The second kappa shape index (κ2) is 5.36. The molecule has 0 unspecified atom stereocenters. The topological polar surface area (TPSA) is 81.1 Å². The minimum absolute atomic E-state index is 0.346. The van der Waals surface area contributed by atoms with Crippen LogP contribution in [0.5, 0.6) is 5.88 Å². The van der Waals surface area contributed by atoms with Gasteiger partial charge in [0.2, 0.25) is 5.88 Å². The van der Waals surface area contributed by atoms with E-state index in [0.717, 1.165) is 5.69 Å². The third-order valence-electron chi connectivity index (χ3n) is 3.34. The van der Waals surface area contributed by atoms with E-state index >= 15 is 0 Å². The van der Waals surface area contributed by atoms with Crippen molar-refractivity contribution in [1.29, 1.82) is 0 Å². The molecule has 2 amide bonds. The van der Waals surface area contributed by atoms with E-state index in [1.807, 2.05) is 12.3 Å². The van der Waals surface area contributed by atoms with Gasteiger partial charge in [-0.15, -0.1) is 11.3 Å². The van der Waals surface area contributed by atoms with E-state index in [-0.39, 0.29) is 6.03 Å². The fourth-order valence-electron chi connectivity index (χ4n) is 2.17. The van der Waals surface area contributed by atoms with Gasteiger partial charge in [0.05, 0.1) is 18.5 Å². The van der Waals surface area contributed by atoms with Crippen LogP contribution < -0.4 is 15.4 Å². The van der Waals surface area contributed by atoms with E-state index in [2.05, 4.69) is 20.7 Å². The van der Waals surface area contributed by atoms with Gasteiger partial charge in [-0.2, -0.15) is 5.10 Å². The lowest BCUT2D eigenvalue weighted by molar-refractivity contribution is 0.262. The number of amides is 2. The number of urea groups is 1. The van der Waals surface area contributed by atoms with Crippen LogP contribution in [-0.4, -0.2) is 27.9 Å². The molecule has 1 saturated carbocycles. The Labute approximate surface area is 126 Å². The smallest absolute Gasteiger partial charge is 0.325 e. The largest absolute Gasteiger partial charge is 0.480 e. The van der Waals surface area contributed by atoms with E-state index in [4.69, 9.17) is 4.74 Å². The van der Waals surface area contributed by atoms with Gasteiger partial charge in [-0.25, -0.2) is 14.5 Å². The quantitative estimate of drug-likeness (QED) is 0.910. The molecule has 2 aromatic heterocycles. The van der Waals surface area contributed by atoms with Gasteiger partial charge in [0.1, 0.15) is 5.69 Å². The molecule has 1 aliphatic rings. The van der Waals surface area contributed by atoms with Crippen molar-refractivity contribution in [2.24, 2.45) is 7.05 Å². The summed E-state index contributed by atoms with van der Waals surface area (Å²) in [7, 11) is 3.31. The summed E-state index contributed by atoms with van der Waals surface area (Å²) in [5.74, 6) is 1.10. The first-order valence-electron chi connectivity index (χ1n) is 6.69. The summed E-state index contributed by atoms with van der Waals surface area (Å²) in [6.45, 7) is 1.81. The summed E-state index contributed by atoms with van der Waals surface area (Å²) < 4.78 is 6.82. The van der Waals surface area contributed by atoms with Crippen LogP contribution in [0.15, 0.2) is 5.38 Å². The molecule has 1 fully saturated rings. The molecule has 0 spiro atoms. The Morgan fingerprint density at radius 1 is 1.48 bits per heavy atom. The molecule has 21 heavy (non-hydrogen) atoms. The molecule has 0 bridgehead atoms. The number of hydrogen-bond donors (Lipinski definition) is 2. The Kier molecular flexibility index (Phi) is 3.54. The summed E-state index contributed by atoms with van der Waals surface area (Å²) in [5, 5.41) is 12.3. The zero-order chi connectivity index (χ0) is 15.0. The van der Waals surface area contributed by atoms with Crippen LogP contribution in [0.2, 0.25) is 0 Å². The van der Waals surface area contributed by atoms with Crippen LogP contribution in [-0.2, 0) is 7.05 Å². The van der Waals surface area contributed by atoms with Crippen LogP contribution >= 0.6 is 11.3 Å². The maximum absolute atomic E-state index is 12.1. The molecule has 8 heteroatoms. The van der Waals surface area contributed by atoms with Crippen molar-refractivity contribution < 1.29 is 9.53 Å². The van der Waals surface area contributed by atoms with Gasteiger partial charge in [-0.1, -0.05) is 0 Å². The lowest BCUT2D eigenvalue weighted by Crippen LogP contribution is -2.20. The van der Waals surface area contributed by atoms with Gasteiger partial charge in [-0.05, 0) is 19.8 Å². The summed E-state index contributed by atoms with van der Waals surface area (Å²) in [5.41, 5.74) is 2.34. The average Bonchev–Trinajstić information content (AvgIpc) is 3.12. The third kappa shape index (κ3) is 2.85. The van der Waals surface area contributed by atoms with E-state index < -0.39 is 0 Å². The molecule has 0 radical (unpaired) electrons. The van der Waals surface area contributed by atoms with Gasteiger partial charge < -0.3 is 10.1 Å². The molecule has 2 heterocycles. The third-order valence-corrected chi connectivity index (χ3v) is 4.12. The fraction of sp³-hybridized carbons (Fsp3) is 0.462. The number of nitrogens with zero attached hydrogens (tertiary/aromatic N) is 3. The van der Waals surface area contributed by atoms with Gasteiger partial charge in [0, 0.05) is 18.3 Å². The highest BCUT2D eigenvalue weighted by atomic mass is 32.1. The number of rotatable bonds is 4. The summed E-state index contributed by atoms with van der Waals surface area (Å²) in [6.07, 6.45) is 2.39. The number of hydrogen-bond acceptors (Lipinski definition) is 5. The van der Waals surface area contributed by atoms with Gasteiger partial charge >= 0.3 is 6.03 Å². The second-order valence-corrected chi connectivity index (χ2v) is 5.88. The van der Waals surface area contributed by atoms with Crippen LogP contribution in [0.25, 0.3) is 0 Å². The lowest BCUT2D eigenvalue weighted by Gasteiger charge is -2.07. The first kappa shape index (κ1) is 13.9. The van der Waals surface area contributed by atoms with E-state index in [1.54, 1.807) is 18.8 Å². The molecule has 1 aliphatic carbocycles. The number of carbonyl (C=O) groups is 1. The first-order valence-corrected chi connectivity index (χ1v) is 7.57. The van der Waals surface area contributed by atoms with Crippen molar-refractivity contribution in [3.63, 3.8) is 0 Å². The average molecular weight is 307 g/mol. The Balaban J connectivity index is 1.68. The number of aryl methyl sites for hydroxylation is 2. The van der Waals surface area contributed by atoms with E-state index in [9.17, 15) is 4.79 Å². The van der Waals surface area contributed by atoms with Crippen LogP contribution in [0.3, 0.4) is 0 Å². The first-order chi connectivity index (χ1) is 10.1. The van der Waals surface area contributed by atoms with Crippen LogP contribution in [0.4, 0.5) is 15.6 Å². The maximum Gasteiger partial charge on any atom is 0.325 e. The second-order valence-electron chi connectivity index (χ2n) is 5.02. The highest BCUT2D eigenvalue weighted by molar-refractivity contribution is 7.14. The number of carbonyl (C=O) groups excluding carboxylic acids is 1. The van der Waals surface area contributed by atoms with Gasteiger partial charge in [0.15, 0.2) is 5.13 Å². The molecular formula is C13H17N5O2S. The van der Waals surface area contributed by atoms with Crippen LogP contribution in [0.1, 0.15) is 30.1 Å². The minimum Gasteiger partial charge on any atom is -0.480 e. The molecule has 3 rings (SSSR count). The fourth-order valence-corrected chi connectivity index (χ4v) is 2.95. The van der Waals surface area contributed by atoms with Gasteiger partial charge in [-0.3, -0.25) is 5.32 Å². The zero-order valence-corrected chi connectivity index (χ0v) is 13.0. The normalized spacial score (nSPS) is 14.0. The Bertz CT molecular complexity index is 674. The van der Waals surface area contributed by atoms with Crippen molar-refractivity contribution in [2.75, 3.05) is 17.7 Å². The van der Waals surface area contributed by atoms with E-state index in [1.165, 1.54) is 24.2 Å². The number of thiazole rings is 1. The van der Waals surface area contributed by atoms with Crippen molar-refractivity contribution in [2.45, 2.75) is 25.7 Å². The summed E-state index contributed by atoms with van der Waals surface area (Å²) in [6, 6.07) is -0.346. The number of nitrogens with one attached hydrogen (secondary N) is 2. The monoisotopic (exact) mass is 307 g/mol. The molecule has 0 atom stereocenters. The molecular weight excluding hydrogens is 290 g/mol. The van der Waals surface area contributed by atoms with Crippen molar-refractivity contribution in [3.8, 4) is 5.88 Å². The standard InChI is InChI=1S/C13H17N5O2S/c1-7-10(11(20-3)18(2)17-7)15-12(19)16-13-14-9(6-21-13)8-4-5-8/h6,8H,4-5H2,1-3H3,(H2,14,15,16,19). The molecule has 2 N–H and O–H groups in total. The highest BCUT2D eigenvalue weighted by Gasteiger charge is 2.26. The molecule has 0 saturated heterocycles. The highest BCUT2D eigenvalue weighted by Crippen LogP contribution is 2.40. The summed E-state index contributed by atoms with van der Waals surface area (Å²) in [4.78, 5) is 16.5. The van der Waals surface area contributed by atoms with Crippen molar-refractivity contribution in [3.05, 3.63) is 16.8 Å². The molecule has 2 aromatic rings. The Morgan fingerprint density at radius 2 is 2.24 bits per heavy atom. The predicted octanol–water partition coefficient (Wildman–Crippen LogP) is 2.72. The van der Waals surface area contributed by atoms with Crippen molar-refractivity contribution in [1.82, 2.24) is 14.8 Å². The van der Waals surface area contributed by atoms with Crippen molar-refractivity contribution >= 4 is 28.2 Å². The maximum atomic E-state index is 12.1. The van der Waals surface area contributed by atoms with Gasteiger partial charge in [0.25, 0.3) is 0 Å². The zero-order valence-electron chi connectivity index (χ0n) is 12.1. The molecule has 7 nitrogen and oxygen atoms in total. The predicted molar refractivity (Wildman–Crippen MR) is 81.2 cm³/mol. The Hall–Kier alpha value is -2.09. The van der Waals surface area contributed by atoms with E-state index in [0.29, 0.717) is 28.3 Å². The Morgan fingerprint density at radius 3 is 2.90 bits per heavy atom. The molecule has 112 valence electrons. The number of ether oxygens (including phenoxy) is 1. The number of anilines is 2. The number of methoxy groups -OCH3 is 1. The number of aromatic nitrogens is 3. The molecule has 0 aliphatic heterocycles. The summed E-state index contributed by atoms with van der Waals surface area (Å²) >= 11 is 1.44. The van der Waals surface area contributed by atoms with Crippen LogP contribution in [0, 0.1) is 6.92 Å². The minimum atomic E-state index is -0.346. The SMILES string of the molecule is COc1c(NC(=O)Nc2nc(C3CC3)cs2)c(C)nn1C. The lowest BCUT2D eigenvalue weighted by atomic mass is 10.3.